The second-order valence-corrected chi connectivity index (χ2v) is 7.99. The maximum absolute atomic E-state index is 12.0. The van der Waals surface area contributed by atoms with E-state index < -0.39 is 5.91 Å². The highest BCUT2D eigenvalue weighted by molar-refractivity contribution is 6.42. The number of amides is 1. The van der Waals surface area contributed by atoms with Crippen molar-refractivity contribution in [3.63, 3.8) is 0 Å². The van der Waals surface area contributed by atoms with E-state index in [0.717, 1.165) is 33.6 Å². The quantitative estimate of drug-likeness (QED) is 0.378. The summed E-state index contributed by atoms with van der Waals surface area (Å²) in [5, 5.41) is 1.02. The minimum absolute atomic E-state index is 0.442. The zero-order valence-electron chi connectivity index (χ0n) is 16.4. The van der Waals surface area contributed by atoms with Gasteiger partial charge in [-0.05, 0) is 47.4 Å². The van der Waals surface area contributed by atoms with Gasteiger partial charge in [0.05, 0.1) is 15.6 Å². The number of benzene rings is 3. The molecule has 0 saturated heterocycles. The first-order valence-corrected chi connectivity index (χ1v) is 10.3. The zero-order chi connectivity index (χ0) is 21.3. The molecule has 0 saturated carbocycles. The van der Waals surface area contributed by atoms with Crippen LogP contribution in [-0.4, -0.2) is 10.5 Å². The fourth-order valence-electron chi connectivity index (χ4n) is 3.62. The lowest BCUT2D eigenvalue weighted by Crippen LogP contribution is -2.12. The van der Waals surface area contributed by atoms with E-state index >= 15 is 0 Å². The van der Waals surface area contributed by atoms with Gasteiger partial charge >= 0.3 is 0 Å². The summed E-state index contributed by atoms with van der Waals surface area (Å²) >= 11 is 12.2. The Bertz CT molecular complexity index is 1210. The Labute approximate surface area is 185 Å². The van der Waals surface area contributed by atoms with Crippen LogP contribution in [0, 0.1) is 6.92 Å². The molecule has 0 atom stereocenters. The maximum atomic E-state index is 12.0. The van der Waals surface area contributed by atoms with Crippen molar-refractivity contribution >= 4 is 29.1 Å². The van der Waals surface area contributed by atoms with Gasteiger partial charge in [-0.2, -0.15) is 0 Å². The molecule has 0 spiro atoms. The molecule has 4 aromatic rings. The lowest BCUT2D eigenvalue weighted by atomic mass is 10.0. The second kappa shape index (κ2) is 8.39. The average Bonchev–Trinajstić information content (AvgIpc) is 3.08. The largest absolute Gasteiger partial charge is 0.366 e. The van der Waals surface area contributed by atoms with Gasteiger partial charge in [0.25, 0.3) is 5.91 Å². The topological polar surface area (TPSA) is 48.0 Å². The van der Waals surface area contributed by atoms with Crippen LogP contribution in [-0.2, 0) is 6.54 Å². The van der Waals surface area contributed by atoms with Crippen LogP contribution in [0.3, 0.4) is 0 Å². The highest BCUT2D eigenvalue weighted by atomic mass is 35.5. The first-order chi connectivity index (χ1) is 14.4. The molecule has 0 aliphatic carbocycles. The molecule has 3 aromatic carbocycles. The van der Waals surface area contributed by atoms with E-state index in [0.29, 0.717) is 22.2 Å². The van der Waals surface area contributed by atoms with Crippen molar-refractivity contribution in [1.29, 1.82) is 0 Å². The van der Waals surface area contributed by atoms with E-state index in [-0.39, 0.29) is 0 Å². The summed E-state index contributed by atoms with van der Waals surface area (Å²) in [6.07, 6.45) is 0. The van der Waals surface area contributed by atoms with E-state index in [1.165, 1.54) is 0 Å². The molecule has 30 heavy (non-hydrogen) atoms. The number of nitrogens with two attached hydrogens (primary N) is 1. The van der Waals surface area contributed by atoms with Gasteiger partial charge in [-0.15, -0.1) is 0 Å². The van der Waals surface area contributed by atoms with Crippen molar-refractivity contribution in [2.45, 2.75) is 13.5 Å². The Hall–Kier alpha value is -3.01. The van der Waals surface area contributed by atoms with Gasteiger partial charge in [-0.1, -0.05) is 83.9 Å². The first kappa shape index (κ1) is 20.3. The van der Waals surface area contributed by atoms with Crippen molar-refractivity contribution in [3.8, 4) is 22.4 Å². The number of nitrogens with zero attached hydrogens (tertiary/aromatic N) is 1. The molecule has 150 valence electrons. The third kappa shape index (κ3) is 4.00. The molecule has 0 radical (unpaired) electrons. The summed E-state index contributed by atoms with van der Waals surface area (Å²) in [7, 11) is 0. The molecule has 0 fully saturated rings. The van der Waals surface area contributed by atoms with Crippen LogP contribution in [0.4, 0.5) is 0 Å². The molecular weight excluding hydrogens is 415 g/mol. The molecule has 5 heteroatoms. The van der Waals surface area contributed by atoms with E-state index in [4.69, 9.17) is 28.9 Å². The number of hydrogen-bond donors (Lipinski definition) is 1. The predicted octanol–water partition coefficient (Wildman–Crippen LogP) is 6.58. The summed E-state index contributed by atoms with van der Waals surface area (Å²) in [5.74, 6) is -0.442. The lowest BCUT2D eigenvalue weighted by molar-refractivity contribution is 0.0999. The smallest absolute Gasteiger partial charge is 0.250 e. The van der Waals surface area contributed by atoms with Crippen LogP contribution in [0.15, 0.2) is 78.9 Å². The van der Waals surface area contributed by atoms with E-state index in [2.05, 4.69) is 41.0 Å². The summed E-state index contributed by atoms with van der Waals surface area (Å²) in [6.45, 7) is 2.45. The van der Waals surface area contributed by atoms with Crippen molar-refractivity contribution in [3.05, 3.63) is 106 Å². The number of carbonyl (C=O) groups is 1. The molecule has 1 aromatic heterocycles. The summed E-state index contributed by atoms with van der Waals surface area (Å²) in [5.41, 5.74) is 12.2. The average molecular weight is 435 g/mol. The molecule has 0 bridgehead atoms. The Balaban J connectivity index is 1.76. The van der Waals surface area contributed by atoms with Gasteiger partial charge in [-0.3, -0.25) is 4.79 Å². The van der Waals surface area contributed by atoms with Crippen molar-refractivity contribution in [1.82, 2.24) is 4.57 Å². The Morgan fingerprint density at radius 1 is 0.833 bits per heavy atom. The molecule has 4 rings (SSSR count). The number of rotatable bonds is 5. The van der Waals surface area contributed by atoms with Crippen LogP contribution in [0.1, 0.15) is 21.6 Å². The number of halogens is 2. The van der Waals surface area contributed by atoms with E-state index in [1.54, 1.807) is 6.07 Å². The van der Waals surface area contributed by atoms with Crippen LogP contribution >= 0.6 is 23.2 Å². The Morgan fingerprint density at radius 3 is 2.10 bits per heavy atom. The Kier molecular flexibility index (Phi) is 5.67. The van der Waals surface area contributed by atoms with Gasteiger partial charge in [0.1, 0.15) is 0 Å². The minimum atomic E-state index is -0.442. The van der Waals surface area contributed by atoms with Crippen LogP contribution in [0.5, 0.6) is 0 Å². The SMILES string of the molecule is Cc1c(C(N)=O)cc(-c2ccc(-c3ccccc3)cc2)n1Cc1ccc(Cl)c(Cl)c1. The Morgan fingerprint density at radius 2 is 1.47 bits per heavy atom. The first-order valence-electron chi connectivity index (χ1n) is 9.54. The number of carbonyl (C=O) groups excluding carboxylic acids is 1. The molecule has 0 aliphatic heterocycles. The number of hydrogen-bond acceptors (Lipinski definition) is 1. The van der Waals surface area contributed by atoms with Gasteiger partial charge in [0, 0.05) is 17.9 Å². The van der Waals surface area contributed by atoms with Gasteiger partial charge < -0.3 is 10.3 Å². The van der Waals surface area contributed by atoms with Crippen LogP contribution in [0.25, 0.3) is 22.4 Å². The predicted molar refractivity (Wildman–Crippen MR) is 124 cm³/mol. The summed E-state index contributed by atoms with van der Waals surface area (Å²) in [6, 6.07) is 25.9. The molecule has 2 N–H and O–H groups in total. The number of primary amides is 1. The van der Waals surface area contributed by atoms with Gasteiger partial charge in [0.15, 0.2) is 0 Å². The van der Waals surface area contributed by atoms with Crippen molar-refractivity contribution in [2.75, 3.05) is 0 Å². The van der Waals surface area contributed by atoms with E-state index in [9.17, 15) is 4.79 Å². The van der Waals surface area contributed by atoms with Gasteiger partial charge in [-0.25, -0.2) is 0 Å². The molecule has 0 unspecified atom stereocenters. The highest BCUT2D eigenvalue weighted by Gasteiger charge is 2.17. The maximum Gasteiger partial charge on any atom is 0.250 e. The second-order valence-electron chi connectivity index (χ2n) is 7.17. The standard InChI is InChI=1S/C25H20Cl2N2O/c1-16-21(25(28)30)14-24(29(16)15-17-7-12-22(26)23(27)13-17)20-10-8-19(9-11-20)18-5-3-2-4-6-18/h2-14H,15H2,1H3,(H2,28,30). The molecule has 1 heterocycles. The van der Waals surface area contributed by atoms with Crippen molar-refractivity contribution in [2.24, 2.45) is 5.73 Å². The fourth-order valence-corrected chi connectivity index (χ4v) is 3.94. The van der Waals surface area contributed by atoms with Crippen LogP contribution < -0.4 is 5.73 Å². The van der Waals surface area contributed by atoms with E-state index in [1.807, 2.05) is 43.3 Å². The zero-order valence-corrected chi connectivity index (χ0v) is 17.9. The fraction of sp³-hybridized carbons (Fsp3) is 0.0800. The molecule has 3 nitrogen and oxygen atoms in total. The normalized spacial score (nSPS) is 10.9. The monoisotopic (exact) mass is 434 g/mol. The molecule has 1 amide bonds. The minimum Gasteiger partial charge on any atom is -0.366 e. The third-order valence-electron chi connectivity index (χ3n) is 5.24. The van der Waals surface area contributed by atoms with Crippen LogP contribution in [0.2, 0.25) is 10.0 Å². The molecular formula is C25H20Cl2N2O. The van der Waals surface area contributed by atoms with Crippen molar-refractivity contribution < 1.29 is 4.79 Å². The lowest BCUT2D eigenvalue weighted by Gasteiger charge is -2.13. The highest BCUT2D eigenvalue weighted by Crippen LogP contribution is 2.30. The van der Waals surface area contributed by atoms with Gasteiger partial charge in [0.2, 0.25) is 0 Å². The number of aromatic nitrogens is 1. The summed E-state index contributed by atoms with van der Waals surface area (Å²) in [4.78, 5) is 12.0. The summed E-state index contributed by atoms with van der Waals surface area (Å²) < 4.78 is 2.08. The third-order valence-corrected chi connectivity index (χ3v) is 5.98. The molecule has 0 aliphatic rings.